The summed E-state index contributed by atoms with van der Waals surface area (Å²) in [4.78, 5) is 13.0. The normalized spacial score (nSPS) is 12.9. The number of carbonyl (C=O) groups excluding carboxylic acids is 1. The van der Waals surface area contributed by atoms with E-state index < -0.39 is 5.60 Å². The lowest BCUT2D eigenvalue weighted by atomic mass is 9.89. The molecular formula is C26H38O2. The molecule has 2 rings (SSSR count). The van der Waals surface area contributed by atoms with Gasteiger partial charge in [0.2, 0.25) is 0 Å². The number of benzene rings is 2. The van der Waals surface area contributed by atoms with Crippen molar-refractivity contribution in [1.29, 1.82) is 0 Å². The third-order valence-corrected chi connectivity index (χ3v) is 5.24. The van der Waals surface area contributed by atoms with Crippen LogP contribution in [0.1, 0.15) is 97.0 Å². The van der Waals surface area contributed by atoms with Gasteiger partial charge < -0.3 is 4.74 Å². The lowest BCUT2D eigenvalue weighted by Crippen LogP contribution is -2.28. The number of rotatable bonds is 11. The van der Waals surface area contributed by atoms with Crippen LogP contribution in [0.3, 0.4) is 0 Å². The lowest BCUT2D eigenvalue weighted by Gasteiger charge is -2.25. The first-order chi connectivity index (χ1) is 13.4. The van der Waals surface area contributed by atoms with E-state index in [9.17, 15) is 4.79 Å². The Morgan fingerprint density at radius 2 is 1.46 bits per heavy atom. The third kappa shape index (κ3) is 7.30. The van der Waals surface area contributed by atoms with Crippen molar-refractivity contribution >= 4 is 16.7 Å². The Morgan fingerprint density at radius 1 is 0.857 bits per heavy atom. The predicted molar refractivity (Wildman–Crippen MR) is 120 cm³/mol. The van der Waals surface area contributed by atoms with Gasteiger partial charge in [0.25, 0.3) is 0 Å². The second-order valence-electron chi connectivity index (χ2n) is 8.92. The molecule has 2 nitrogen and oxygen atoms in total. The van der Waals surface area contributed by atoms with E-state index in [4.69, 9.17) is 4.74 Å². The lowest BCUT2D eigenvalue weighted by molar-refractivity contribution is -0.157. The minimum absolute atomic E-state index is 0.0909. The second-order valence-corrected chi connectivity index (χ2v) is 8.92. The molecule has 0 spiro atoms. The summed E-state index contributed by atoms with van der Waals surface area (Å²) in [6.07, 6.45) is 11.0. The molecule has 1 atom stereocenters. The highest BCUT2D eigenvalue weighted by atomic mass is 16.6. The molecule has 0 bridgehead atoms. The predicted octanol–water partition coefficient (Wildman–Crippen LogP) is 7.80. The van der Waals surface area contributed by atoms with E-state index in [0.717, 1.165) is 18.4 Å². The first-order valence-corrected chi connectivity index (χ1v) is 11.1. The van der Waals surface area contributed by atoms with Crippen molar-refractivity contribution < 1.29 is 9.53 Å². The zero-order valence-corrected chi connectivity index (χ0v) is 18.3. The maximum atomic E-state index is 13.0. The number of unbranched alkanes of at least 4 members (excludes halogenated alkanes) is 7. The summed E-state index contributed by atoms with van der Waals surface area (Å²) in [6, 6.07) is 14.6. The minimum atomic E-state index is -0.459. The van der Waals surface area contributed by atoms with E-state index in [-0.39, 0.29) is 11.9 Å². The molecule has 0 heterocycles. The number of hydrogen-bond donors (Lipinski definition) is 0. The summed E-state index contributed by atoms with van der Waals surface area (Å²) >= 11 is 0. The van der Waals surface area contributed by atoms with Crippen molar-refractivity contribution in [1.82, 2.24) is 0 Å². The highest BCUT2D eigenvalue weighted by molar-refractivity contribution is 5.91. The molecule has 0 aliphatic carbocycles. The van der Waals surface area contributed by atoms with Crippen LogP contribution in [0.2, 0.25) is 0 Å². The SMILES string of the molecule is CCCCCCCCCC[C@H](C(=O)OC(C)(C)C)c1cccc2ccccc12. The highest BCUT2D eigenvalue weighted by Crippen LogP contribution is 2.32. The zero-order valence-electron chi connectivity index (χ0n) is 18.3. The smallest absolute Gasteiger partial charge is 0.313 e. The molecule has 2 aromatic carbocycles. The van der Waals surface area contributed by atoms with Crippen LogP contribution in [0.25, 0.3) is 10.8 Å². The fourth-order valence-corrected chi connectivity index (χ4v) is 3.81. The van der Waals surface area contributed by atoms with Crippen molar-refractivity contribution in [2.24, 2.45) is 0 Å². The summed E-state index contributed by atoms with van der Waals surface area (Å²) in [5, 5.41) is 2.35. The standard InChI is InChI=1S/C26H38O2/c1-5-6-7-8-9-10-11-12-19-24(25(27)28-26(2,3)4)23-20-15-17-21-16-13-14-18-22(21)23/h13-18,20,24H,5-12,19H2,1-4H3/t24-/m0/s1. The van der Waals surface area contributed by atoms with Crippen molar-refractivity contribution in [3.05, 3.63) is 48.0 Å². The molecule has 0 aliphatic heterocycles. The average Bonchev–Trinajstić information content (AvgIpc) is 2.65. The molecule has 2 heteroatoms. The maximum absolute atomic E-state index is 13.0. The Bertz CT molecular complexity index is 721. The molecule has 0 aromatic heterocycles. The quantitative estimate of drug-likeness (QED) is 0.293. The summed E-state index contributed by atoms with van der Waals surface area (Å²) in [5.74, 6) is -0.280. The number of carbonyl (C=O) groups is 1. The molecule has 0 unspecified atom stereocenters. The van der Waals surface area contributed by atoms with Gasteiger partial charge in [-0.15, -0.1) is 0 Å². The van der Waals surface area contributed by atoms with Gasteiger partial charge in [-0.2, -0.15) is 0 Å². The van der Waals surface area contributed by atoms with Crippen molar-refractivity contribution in [3.63, 3.8) is 0 Å². The van der Waals surface area contributed by atoms with Gasteiger partial charge in [-0.3, -0.25) is 4.79 Å². The molecule has 0 fully saturated rings. The third-order valence-electron chi connectivity index (χ3n) is 5.24. The first kappa shape index (κ1) is 22.5. The first-order valence-electron chi connectivity index (χ1n) is 11.1. The number of esters is 1. The van der Waals surface area contributed by atoms with Crippen molar-refractivity contribution in [2.75, 3.05) is 0 Å². The van der Waals surface area contributed by atoms with E-state index in [0.29, 0.717) is 0 Å². The Kier molecular flexibility index (Phi) is 9.02. The van der Waals surface area contributed by atoms with Crippen molar-refractivity contribution in [3.8, 4) is 0 Å². The zero-order chi connectivity index (χ0) is 20.4. The van der Waals surface area contributed by atoms with Gasteiger partial charge in [0.1, 0.15) is 5.60 Å². The van der Waals surface area contributed by atoms with Crippen LogP contribution in [0.5, 0.6) is 0 Å². The van der Waals surface area contributed by atoms with Gasteiger partial charge in [-0.05, 0) is 43.5 Å². The summed E-state index contributed by atoms with van der Waals surface area (Å²) in [6.45, 7) is 8.09. The van der Waals surface area contributed by atoms with Crippen LogP contribution in [0, 0.1) is 0 Å². The number of fused-ring (bicyclic) bond motifs is 1. The number of ether oxygens (including phenoxy) is 1. The van der Waals surface area contributed by atoms with E-state index in [1.54, 1.807) is 0 Å². The molecule has 154 valence electrons. The molecule has 2 aromatic rings. The summed E-state index contributed by atoms with van der Waals surface area (Å²) in [5.41, 5.74) is 0.648. The Labute approximate surface area is 171 Å². The molecule has 28 heavy (non-hydrogen) atoms. The largest absolute Gasteiger partial charge is 0.459 e. The molecule has 0 N–H and O–H groups in total. The van der Waals surface area contributed by atoms with Gasteiger partial charge in [-0.25, -0.2) is 0 Å². The van der Waals surface area contributed by atoms with Crippen LogP contribution in [-0.2, 0) is 9.53 Å². The van der Waals surface area contributed by atoms with Gasteiger partial charge >= 0.3 is 5.97 Å². The molecule has 0 amide bonds. The van der Waals surface area contributed by atoms with Crippen LogP contribution in [-0.4, -0.2) is 11.6 Å². The van der Waals surface area contributed by atoms with E-state index >= 15 is 0 Å². The van der Waals surface area contributed by atoms with Gasteiger partial charge in [0.05, 0.1) is 5.92 Å². The Hall–Kier alpha value is -1.83. The maximum Gasteiger partial charge on any atom is 0.313 e. The van der Waals surface area contributed by atoms with Gasteiger partial charge in [0.15, 0.2) is 0 Å². The van der Waals surface area contributed by atoms with Crippen LogP contribution >= 0.6 is 0 Å². The Balaban J connectivity index is 2.04. The fourth-order valence-electron chi connectivity index (χ4n) is 3.81. The second kappa shape index (κ2) is 11.2. The molecule has 0 saturated carbocycles. The summed E-state index contributed by atoms with van der Waals surface area (Å²) in [7, 11) is 0. The molecule has 0 saturated heterocycles. The van der Waals surface area contributed by atoms with E-state index in [1.807, 2.05) is 32.9 Å². The van der Waals surface area contributed by atoms with Crippen LogP contribution in [0.15, 0.2) is 42.5 Å². The van der Waals surface area contributed by atoms with Crippen LogP contribution in [0.4, 0.5) is 0 Å². The van der Waals surface area contributed by atoms with Crippen LogP contribution < -0.4 is 0 Å². The molecule has 0 radical (unpaired) electrons. The van der Waals surface area contributed by atoms with Gasteiger partial charge in [0, 0.05) is 0 Å². The minimum Gasteiger partial charge on any atom is -0.459 e. The Morgan fingerprint density at radius 3 is 2.14 bits per heavy atom. The van der Waals surface area contributed by atoms with E-state index in [2.05, 4.69) is 37.3 Å². The van der Waals surface area contributed by atoms with E-state index in [1.165, 1.54) is 55.7 Å². The topological polar surface area (TPSA) is 26.3 Å². The molecule has 0 aliphatic rings. The van der Waals surface area contributed by atoms with Crippen molar-refractivity contribution in [2.45, 2.75) is 97.0 Å². The average molecular weight is 383 g/mol. The molecular weight excluding hydrogens is 344 g/mol. The highest BCUT2D eigenvalue weighted by Gasteiger charge is 2.27. The fraction of sp³-hybridized carbons (Fsp3) is 0.577. The van der Waals surface area contributed by atoms with Gasteiger partial charge in [-0.1, -0.05) is 101 Å². The number of hydrogen-bond acceptors (Lipinski definition) is 2. The monoisotopic (exact) mass is 382 g/mol. The summed E-state index contributed by atoms with van der Waals surface area (Å²) < 4.78 is 5.79.